The maximum Gasteiger partial charge on any atom is 0.303 e. The van der Waals surface area contributed by atoms with E-state index in [0.29, 0.717) is 25.1 Å². The summed E-state index contributed by atoms with van der Waals surface area (Å²) in [5.41, 5.74) is 0.474. The third-order valence-corrected chi connectivity index (χ3v) is 4.76. The molecule has 1 unspecified atom stereocenters. The molecule has 1 aromatic heterocycles. The smallest absolute Gasteiger partial charge is 0.303 e. The van der Waals surface area contributed by atoms with Crippen LogP contribution in [0.1, 0.15) is 44.2 Å². The summed E-state index contributed by atoms with van der Waals surface area (Å²) in [4.78, 5) is 22.0. The standard InChI is InChI=1S/C20H25N3O3/c1-15(26-16(2)24)19-21-11-8-18(22-19)23-12-9-20(25,10-13-23)14-17-6-4-3-5-7-17/h3-8,11,15,25H,9-10,12-14H2,1-2H3. The van der Waals surface area contributed by atoms with Crippen molar-refractivity contribution in [3.05, 3.63) is 54.0 Å². The molecule has 2 heterocycles. The molecular weight excluding hydrogens is 330 g/mol. The number of aliphatic hydroxyl groups is 1. The first kappa shape index (κ1) is 18.3. The minimum Gasteiger partial charge on any atom is -0.455 e. The van der Waals surface area contributed by atoms with Gasteiger partial charge in [0.05, 0.1) is 5.60 Å². The van der Waals surface area contributed by atoms with E-state index in [0.717, 1.165) is 24.5 Å². The van der Waals surface area contributed by atoms with Crippen LogP contribution in [0.5, 0.6) is 0 Å². The van der Waals surface area contributed by atoms with Crippen LogP contribution in [0.25, 0.3) is 0 Å². The summed E-state index contributed by atoms with van der Waals surface area (Å²) in [6.45, 7) is 4.58. The predicted molar refractivity (Wildman–Crippen MR) is 98.8 cm³/mol. The molecule has 0 spiro atoms. The van der Waals surface area contributed by atoms with Gasteiger partial charge < -0.3 is 14.7 Å². The van der Waals surface area contributed by atoms with Gasteiger partial charge in [-0.25, -0.2) is 9.97 Å². The molecule has 2 aromatic rings. The van der Waals surface area contributed by atoms with Crippen LogP contribution in [0.15, 0.2) is 42.6 Å². The second-order valence-electron chi connectivity index (χ2n) is 6.90. The van der Waals surface area contributed by atoms with Gasteiger partial charge in [0.15, 0.2) is 11.9 Å². The lowest BCUT2D eigenvalue weighted by atomic mass is 9.85. The number of anilines is 1. The molecule has 0 aliphatic carbocycles. The quantitative estimate of drug-likeness (QED) is 0.831. The molecular formula is C20H25N3O3. The van der Waals surface area contributed by atoms with Crippen LogP contribution in [0, 0.1) is 0 Å². The van der Waals surface area contributed by atoms with Crippen LogP contribution in [-0.2, 0) is 16.0 Å². The van der Waals surface area contributed by atoms with Crippen molar-refractivity contribution < 1.29 is 14.6 Å². The Kier molecular flexibility index (Phi) is 5.52. The van der Waals surface area contributed by atoms with Gasteiger partial charge in [-0.3, -0.25) is 4.79 Å². The summed E-state index contributed by atoms with van der Waals surface area (Å²) >= 11 is 0. The predicted octanol–water partition coefficient (Wildman–Crippen LogP) is 2.67. The summed E-state index contributed by atoms with van der Waals surface area (Å²) in [6.07, 6.45) is 3.23. The molecule has 3 rings (SSSR count). The number of rotatable bonds is 5. The molecule has 6 nitrogen and oxygen atoms in total. The highest BCUT2D eigenvalue weighted by atomic mass is 16.5. The van der Waals surface area contributed by atoms with E-state index < -0.39 is 11.7 Å². The highest BCUT2D eigenvalue weighted by molar-refractivity contribution is 5.66. The van der Waals surface area contributed by atoms with Crippen LogP contribution < -0.4 is 4.90 Å². The number of hydrogen-bond donors (Lipinski definition) is 1. The minimum atomic E-state index is -0.682. The van der Waals surface area contributed by atoms with Crippen LogP contribution >= 0.6 is 0 Å². The number of benzene rings is 1. The summed E-state index contributed by atoms with van der Waals surface area (Å²) in [7, 11) is 0. The van der Waals surface area contributed by atoms with Crippen molar-refractivity contribution in [2.45, 2.75) is 44.8 Å². The Morgan fingerprint density at radius 3 is 2.62 bits per heavy atom. The van der Waals surface area contributed by atoms with E-state index in [1.54, 1.807) is 13.1 Å². The Labute approximate surface area is 153 Å². The molecule has 138 valence electrons. The molecule has 1 saturated heterocycles. The van der Waals surface area contributed by atoms with E-state index >= 15 is 0 Å². The fraction of sp³-hybridized carbons (Fsp3) is 0.450. The van der Waals surface area contributed by atoms with E-state index in [-0.39, 0.29) is 5.97 Å². The number of nitrogens with zero attached hydrogens (tertiary/aromatic N) is 3. The average Bonchev–Trinajstić information content (AvgIpc) is 2.62. The molecule has 0 saturated carbocycles. The fourth-order valence-electron chi connectivity index (χ4n) is 3.34. The first-order valence-electron chi connectivity index (χ1n) is 8.97. The van der Waals surface area contributed by atoms with Gasteiger partial charge in [-0.1, -0.05) is 30.3 Å². The summed E-state index contributed by atoms with van der Waals surface area (Å²) in [5, 5.41) is 10.9. The van der Waals surface area contributed by atoms with Gasteiger partial charge in [0.2, 0.25) is 0 Å². The molecule has 0 amide bonds. The maximum absolute atomic E-state index is 11.1. The molecule has 0 radical (unpaired) electrons. The van der Waals surface area contributed by atoms with E-state index in [1.807, 2.05) is 24.3 Å². The van der Waals surface area contributed by atoms with Gasteiger partial charge in [0.1, 0.15) is 5.82 Å². The molecule has 6 heteroatoms. The number of carbonyl (C=O) groups excluding carboxylic acids is 1. The van der Waals surface area contributed by atoms with Crippen LogP contribution in [0.4, 0.5) is 5.82 Å². The van der Waals surface area contributed by atoms with Crippen molar-refractivity contribution in [1.82, 2.24) is 9.97 Å². The Morgan fingerprint density at radius 2 is 1.96 bits per heavy atom. The average molecular weight is 355 g/mol. The third kappa shape index (κ3) is 4.58. The van der Waals surface area contributed by atoms with Gasteiger partial charge in [-0.2, -0.15) is 0 Å². The van der Waals surface area contributed by atoms with Crippen molar-refractivity contribution >= 4 is 11.8 Å². The molecule has 26 heavy (non-hydrogen) atoms. The Bertz CT molecular complexity index is 743. The van der Waals surface area contributed by atoms with Crippen molar-refractivity contribution in [2.24, 2.45) is 0 Å². The number of esters is 1. The normalized spacial score (nSPS) is 17.6. The summed E-state index contributed by atoms with van der Waals surface area (Å²) in [5.74, 6) is 0.939. The molecule has 1 N–H and O–H groups in total. The zero-order valence-electron chi connectivity index (χ0n) is 15.3. The fourth-order valence-corrected chi connectivity index (χ4v) is 3.34. The summed E-state index contributed by atoms with van der Waals surface area (Å²) in [6, 6.07) is 11.9. The van der Waals surface area contributed by atoms with E-state index in [4.69, 9.17) is 4.74 Å². The number of ether oxygens (including phenoxy) is 1. The molecule has 1 aromatic carbocycles. The SMILES string of the molecule is CC(=O)OC(C)c1nccc(N2CCC(O)(Cc3ccccc3)CC2)n1. The molecule has 1 aliphatic heterocycles. The van der Waals surface area contributed by atoms with Gasteiger partial charge in [0, 0.05) is 32.6 Å². The van der Waals surface area contributed by atoms with Crippen molar-refractivity contribution in [1.29, 1.82) is 0 Å². The van der Waals surface area contributed by atoms with Gasteiger partial charge in [-0.15, -0.1) is 0 Å². The zero-order chi connectivity index (χ0) is 18.6. The molecule has 1 fully saturated rings. The van der Waals surface area contributed by atoms with Gasteiger partial charge >= 0.3 is 5.97 Å². The second-order valence-corrected chi connectivity index (χ2v) is 6.90. The van der Waals surface area contributed by atoms with Crippen LogP contribution in [0.3, 0.4) is 0 Å². The van der Waals surface area contributed by atoms with Crippen molar-refractivity contribution in [3.8, 4) is 0 Å². The van der Waals surface area contributed by atoms with E-state index in [1.165, 1.54) is 6.92 Å². The monoisotopic (exact) mass is 355 g/mol. The molecule has 0 bridgehead atoms. The summed E-state index contributed by atoms with van der Waals surface area (Å²) < 4.78 is 5.16. The lowest BCUT2D eigenvalue weighted by molar-refractivity contribution is -0.146. The number of aromatic nitrogens is 2. The van der Waals surface area contributed by atoms with E-state index in [2.05, 4.69) is 27.0 Å². The minimum absolute atomic E-state index is 0.351. The first-order chi connectivity index (χ1) is 12.5. The Balaban J connectivity index is 1.63. The zero-order valence-corrected chi connectivity index (χ0v) is 15.3. The highest BCUT2D eigenvalue weighted by Crippen LogP contribution is 2.29. The number of carbonyl (C=O) groups is 1. The topological polar surface area (TPSA) is 75.5 Å². The van der Waals surface area contributed by atoms with Crippen molar-refractivity contribution in [2.75, 3.05) is 18.0 Å². The van der Waals surface area contributed by atoms with Gasteiger partial charge in [0.25, 0.3) is 0 Å². The van der Waals surface area contributed by atoms with Crippen LogP contribution in [-0.4, -0.2) is 39.7 Å². The second kappa shape index (κ2) is 7.83. The lowest BCUT2D eigenvalue weighted by Crippen LogP contribution is -2.46. The first-order valence-corrected chi connectivity index (χ1v) is 8.97. The van der Waals surface area contributed by atoms with Crippen LogP contribution in [0.2, 0.25) is 0 Å². The Morgan fingerprint density at radius 1 is 1.27 bits per heavy atom. The molecule has 1 aliphatic rings. The largest absolute Gasteiger partial charge is 0.455 e. The lowest BCUT2D eigenvalue weighted by Gasteiger charge is -2.39. The highest BCUT2D eigenvalue weighted by Gasteiger charge is 2.33. The number of piperidine rings is 1. The third-order valence-electron chi connectivity index (χ3n) is 4.76. The Hall–Kier alpha value is -2.47. The maximum atomic E-state index is 11.1. The van der Waals surface area contributed by atoms with Gasteiger partial charge in [-0.05, 0) is 31.4 Å². The van der Waals surface area contributed by atoms with Crippen molar-refractivity contribution in [3.63, 3.8) is 0 Å². The molecule has 1 atom stereocenters. The van der Waals surface area contributed by atoms with E-state index in [9.17, 15) is 9.90 Å². The number of hydrogen-bond acceptors (Lipinski definition) is 6.